The van der Waals surface area contributed by atoms with Gasteiger partial charge in [0, 0.05) is 17.1 Å². The minimum Gasteiger partial charge on any atom is -0.361 e. The molecule has 0 aliphatic heterocycles. The molecular formula is C21H16N6O2. The number of carbonyl (C=O) groups excluding carboxylic acids is 1. The molecule has 5 rings (SSSR count). The number of nitrogens with one attached hydrogen (secondary N) is 2. The average molecular weight is 384 g/mol. The minimum absolute atomic E-state index is 0.137. The Morgan fingerprint density at radius 1 is 1.03 bits per heavy atom. The number of rotatable bonds is 4. The van der Waals surface area contributed by atoms with Crippen molar-refractivity contribution < 1.29 is 4.79 Å². The summed E-state index contributed by atoms with van der Waals surface area (Å²) in [6.45, 7) is 0. The second kappa shape index (κ2) is 6.75. The van der Waals surface area contributed by atoms with Crippen LogP contribution in [0, 0.1) is 0 Å². The number of benzene rings is 2. The summed E-state index contributed by atoms with van der Waals surface area (Å²) < 4.78 is 2.69. The predicted octanol–water partition coefficient (Wildman–Crippen LogP) is 2.38. The number of aromatic nitrogens is 5. The molecule has 0 aliphatic carbocycles. The van der Waals surface area contributed by atoms with Crippen molar-refractivity contribution in [2.75, 3.05) is 5.43 Å². The van der Waals surface area contributed by atoms with Crippen molar-refractivity contribution in [3.8, 4) is 5.69 Å². The summed E-state index contributed by atoms with van der Waals surface area (Å²) in [5, 5.41) is 5.57. The van der Waals surface area contributed by atoms with E-state index in [0.29, 0.717) is 11.0 Å². The first-order chi connectivity index (χ1) is 14.2. The first-order valence-corrected chi connectivity index (χ1v) is 9.06. The molecule has 0 saturated heterocycles. The first-order valence-electron chi connectivity index (χ1n) is 9.06. The topological polar surface area (TPSA) is 97.6 Å². The fourth-order valence-corrected chi connectivity index (χ4v) is 3.37. The Morgan fingerprint density at radius 3 is 2.69 bits per heavy atom. The average Bonchev–Trinajstić information content (AvgIpc) is 3.36. The van der Waals surface area contributed by atoms with Gasteiger partial charge in [0.1, 0.15) is 11.7 Å². The number of para-hydroxylation sites is 2. The highest BCUT2D eigenvalue weighted by Crippen LogP contribution is 2.18. The van der Waals surface area contributed by atoms with Crippen molar-refractivity contribution in [1.29, 1.82) is 0 Å². The van der Waals surface area contributed by atoms with Gasteiger partial charge >= 0.3 is 0 Å². The molecule has 8 nitrogen and oxygen atoms in total. The molecule has 2 aromatic carbocycles. The third-order valence-corrected chi connectivity index (χ3v) is 4.76. The van der Waals surface area contributed by atoms with Gasteiger partial charge in [-0.05, 0) is 23.8 Å². The van der Waals surface area contributed by atoms with Crippen LogP contribution in [0.3, 0.4) is 0 Å². The van der Waals surface area contributed by atoms with Crippen LogP contribution in [0.25, 0.3) is 27.6 Å². The molecule has 0 bridgehead atoms. The van der Waals surface area contributed by atoms with Gasteiger partial charge in [0.05, 0.1) is 18.3 Å². The molecule has 142 valence electrons. The Labute approximate surface area is 164 Å². The highest BCUT2D eigenvalue weighted by atomic mass is 16.2. The van der Waals surface area contributed by atoms with Crippen molar-refractivity contribution in [3.05, 3.63) is 89.2 Å². The summed E-state index contributed by atoms with van der Waals surface area (Å²) in [4.78, 5) is 32.7. The van der Waals surface area contributed by atoms with Crippen LogP contribution in [-0.4, -0.2) is 30.3 Å². The van der Waals surface area contributed by atoms with E-state index in [2.05, 4.69) is 20.5 Å². The van der Waals surface area contributed by atoms with Crippen molar-refractivity contribution in [3.63, 3.8) is 0 Å². The van der Waals surface area contributed by atoms with Crippen molar-refractivity contribution in [2.45, 2.75) is 6.42 Å². The SMILES string of the molecule is O=C(Cc1c[nH]c2ccccc12)Nn1cnc2c(cnn2-c2ccccc2)c1=O. The van der Waals surface area contributed by atoms with E-state index in [1.54, 1.807) is 10.9 Å². The highest BCUT2D eigenvalue weighted by molar-refractivity contribution is 5.92. The van der Waals surface area contributed by atoms with Gasteiger partial charge in [0.25, 0.3) is 5.56 Å². The fourth-order valence-electron chi connectivity index (χ4n) is 3.37. The smallest absolute Gasteiger partial charge is 0.283 e. The van der Waals surface area contributed by atoms with Crippen LogP contribution >= 0.6 is 0 Å². The first kappa shape index (κ1) is 16.9. The zero-order valence-corrected chi connectivity index (χ0v) is 15.2. The molecule has 2 N–H and O–H groups in total. The normalized spacial score (nSPS) is 11.2. The second-order valence-corrected chi connectivity index (χ2v) is 6.62. The fraction of sp³-hybridized carbons (Fsp3) is 0.0476. The number of nitrogens with zero attached hydrogens (tertiary/aromatic N) is 4. The van der Waals surface area contributed by atoms with Gasteiger partial charge in [0.15, 0.2) is 5.65 Å². The van der Waals surface area contributed by atoms with Crippen LogP contribution in [0.2, 0.25) is 0 Å². The predicted molar refractivity (Wildman–Crippen MR) is 109 cm³/mol. The van der Waals surface area contributed by atoms with Crippen LogP contribution in [0.1, 0.15) is 5.56 Å². The lowest BCUT2D eigenvalue weighted by Gasteiger charge is -2.08. The van der Waals surface area contributed by atoms with Crippen molar-refractivity contribution in [1.82, 2.24) is 24.4 Å². The Morgan fingerprint density at radius 2 is 1.83 bits per heavy atom. The Bertz CT molecular complexity index is 1400. The van der Waals surface area contributed by atoms with E-state index in [9.17, 15) is 9.59 Å². The maximum Gasteiger partial charge on any atom is 0.283 e. The van der Waals surface area contributed by atoms with E-state index in [1.165, 1.54) is 12.5 Å². The second-order valence-electron chi connectivity index (χ2n) is 6.62. The lowest BCUT2D eigenvalue weighted by Crippen LogP contribution is -2.34. The molecule has 0 aliphatic rings. The van der Waals surface area contributed by atoms with Crippen LogP contribution in [0.5, 0.6) is 0 Å². The Hall–Kier alpha value is -4.20. The molecule has 0 spiro atoms. The van der Waals surface area contributed by atoms with E-state index in [1.807, 2.05) is 54.6 Å². The monoisotopic (exact) mass is 384 g/mol. The maximum atomic E-state index is 12.8. The van der Waals surface area contributed by atoms with Crippen molar-refractivity contribution >= 4 is 27.8 Å². The number of carbonyl (C=O) groups is 1. The summed E-state index contributed by atoms with van der Waals surface area (Å²) in [6, 6.07) is 17.2. The van der Waals surface area contributed by atoms with Crippen LogP contribution in [-0.2, 0) is 11.2 Å². The zero-order valence-electron chi connectivity index (χ0n) is 15.2. The number of aromatic amines is 1. The Kier molecular flexibility index (Phi) is 3.94. The van der Waals surface area contributed by atoms with E-state index in [0.717, 1.165) is 26.8 Å². The molecule has 29 heavy (non-hydrogen) atoms. The molecule has 0 saturated carbocycles. The molecule has 3 heterocycles. The van der Waals surface area contributed by atoms with Gasteiger partial charge < -0.3 is 4.98 Å². The molecular weight excluding hydrogens is 368 g/mol. The third kappa shape index (κ3) is 2.96. The summed E-state index contributed by atoms with van der Waals surface area (Å²) in [5.74, 6) is -0.312. The lowest BCUT2D eigenvalue weighted by atomic mass is 10.1. The molecule has 1 amide bonds. The number of fused-ring (bicyclic) bond motifs is 2. The summed E-state index contributed by atoms with van der Waals surface area (Å²) in [6.07, 6.45) is 4.70. The van der Waals surface area contributed by atoms with E-state index in [4.69, 9.17) is 0 Å². The minimum atomic E-state index is -0.385. The molecule has 3 aromatic heterocycles. The summed E-state index contributed by atoms with van der Waals surface area (Å²) >= 11 is 0. The number of hydrogen-bond donors (Lipinski definition) is 2. The van der Waals surface area contributed by atoms with Gasteiger partial charge in [-0.15, -0.1) is 0 Å². The third-order valence-electron chi connectivity index (χ3n) is 4.76. The number of H-pyrrole nitrogens is 1. The van der Waals surface area contributed by atoms with Gasteiger partial charge in [0.2, 0.25) is 5.91 Å². The van der Waals surface area contributed by atoms with Gasteiger partial charge in [-0.2, -0.15) is 5.10 Å². The molecule has 0 radical (unpaired) electrons. The Balaban J connectivity index is 1.43. The van der Waals surface area contributed by atoms with Gasteiger partial charge in [-0.3, -0.25) is 15.0 Å². The van der Waals surface area contributed by atoms with E-state index < -0.39 is 0 Å². The molecule has 0 unspecified atom stereocenters. The van der Waals surface area contributed by atoms with Crippen molar-refractivity contribution in [2.24, 2.45) is 0 Å². The molecule has 0 atom stereocenters. The highest BCUT2D eigenvalue weighted by Gasteiger charge is 2.14. The summed E-state index contributed by atoms with van der Waals surface area (Å²) in [5.41, 5.74) is 5.28. The zero-order chi connectivity index (χ0) is 19.8. The largest absolute Gasteiger partial charge is 0.361 e. The molecule has 5 aromatic rings. The quantitative estimate of drug-likeness (QED) is 0.497. The molecule has 0 fully saturated rings. The van der Waals surface area contributed by atoms with E-state index in [-0.39, 0.29) is 17.9 Å². The van der Waals surface area contributed by atoms with Crippen LogP contribution in [0.15, 0.2) is 78.1 Å². The summed E-state index contributed by atoms with van der Waals surface area (Å²) in [7, 11) is 0. The van der Waals surface area contributed by atoms with E-state index >= 15 is 0 Å². The standard InChI is InChI=1S/C21H16N6O2/c28-19(10-14-11-22-18-9-5-4-8-16(14)18)25-26-13-23-20-17(21(26)29)12-24-27(20)15-6-2-1-3-7-15/h1-9,11-13,22H,10H2,(H,25,28). The lowest BCUT2D eigenvalue weighted by molar-refractivity contribution is -0.116. The van der Waals surface area contributed by atoms with Crippen LogP contribution in [0.4, 0.5) is 0 Å². The molecule has 8 heteroatoms. The maximum absolute atomic E-state index is 12.8. The van der Waals surface area contributed by atoms with Crippen LogP contribution < -0.4 is 11.0 Å². The van der Waals surface area contributed by atoms with Gasteiger partial charge in [-0.25, -0.2) is 14.3 Å². The van der Waals surface area contributed by atoms with Gasteiger partial charge in [-0.1, -0.05) is 36.4 Å². The number of hydrogen-bond acceptors (Lipinski definition) is 4. The number of amides is 1.